The number of hydrogen-bond acceptors (Lipinski definition) is 2. The van der Waals surface area contributed by atoms with E-state index in [1.807, 2.05) is 0 Å². The number of allylic oxidation sites excluding steroid dienone is 12. The van der Waals surface area contributed by atoms with Crippen molar-refractivity contribution >= 4 is 84.6 Å². The number of anilines is 6. The van der Waals surface area contributed by atoms with Crippen LogP contribution in [0.2, 0.25) is 0 Å². The van der Waals surface area contributed by atoms with Crippen LogP contribution in [0.3, 0.4) is 0 Å². The van der Waals surface area contributed by atoms with Gasteiger partial charge in [0.2, 0.25) is 0 Å². The first-order valence-corrected chi connectivity index (χ1v) is 39.1. The van der Waals surface area contributed by atoms with E-state index >= 15 is 0 Å². The summed E-state index contributed by atoms with van der Waals surface area (Å²) >= 11 is 0. The Hall–Kier alpha value is -11.5. The summed E-state index contributed by atoms with van der Waals surface area (Å²) in [6.45, 7) is 28.4. The number of aromatic nitrogens is 1. The van der Waals surface area contributed by atoms with Gasteiger partial charge < -0.3 is 14.4 Å². The minimum atomic E-state index is -0.244. The summed E-state index contributed by atoms with van der Waals surface area (Å²) in [6, 6.07) is 105. The maximum absolute atomic E-state index is 2.79. The van der Waals surface area contributed by atoms with Crippen molar-refractivity contribution in [2.75, 3.05) is 9.80 Å². The van der Waals surface area contributed by atoms with E-state index in [0.29, 0.717) is 5.92 Å². The first-order valence-electron chi connectivity index (χ1n) is 39.1. The molecule has 0 saturated heterocycles. The largest absolute Gasteiger partial charge is 0.310 e. The monoisotopic (exact) mass is 1390 g/mol. The molecule has 2 aliphatic heterocycles. The molecule has 12 aromatic carbocycles. The Morgan fingerprint density at radius 2 is 0.778 bits per heavy atom. The van der Waals surface area contributed by atoms with E-state index in [9.17, 15) is 0 Å². The van der Waals surface area contributed by atoms with Gasteiger partial charge in [0.1, 0.15) is 0 Å². The zero-order chi connectivity index (χ0) is 73.9. The zero-order valence-electron chi connectivity index (χ0n) is 64.3. The van der Waals surface area contributed by atoms with Gasteiger partial charge in [-0.25, -0.2) is 0 Å². The number of benzene rings is 12. The summed E-state index contributed by atoms with van der Waals surface area (Å²) in [5.41, 5.74) is 37.6. The van der Waals surface area contributed by atoms with E-state index in [0.717, 1.165) is 79.4 Å². The van der Waals surface area contributed by atoms with Gasteiger partial charge in [-0.05, 0) is 189 Å². The summed E-state index contributed by atoms with van der Waals surface area (Å²) < 4.78 is 2.58. The topological polar surface area (TPSA) is 11.4 Å². The number of rotatable bonds is 9. The molecular weight excluding hydrogens is 1300 g/mol. The molecule has 0 N–H and O–H groups in total. The molecule has 0 radical (unpaired) electrons. The smallest absolute Gasteiger partial charge is 0.252 e. The molecule has 3 nitrogen and oxygen atoms in total. The fraction of sp³-hybridized carbons (Fsp3) is 0.192. The summed E-state index contributed by atoms with van der Waals surface area (Å²) in [5.74, 6) is 0.933. The second-order valence-electron chi connectivity index (χ2n) is 35.2. The van der Waals surface area contributed by atoms with Crippen molar-refractivity contribution in [3.63, 3.8) is 0 Å². The van der Waals surface area contributed by atoms with Gasteiger partial charge in [0.05, 0.1) is 28.1 Å². The summed E-state index contributed by atoms with van der Waals surface area (Å²) in [4.78, 5) is 5.53. The van der Waals surface area contributed by atoms with E-state index in [1.165, 1.54) is 111 Å². The molecule has 4 aliphatic carbocycles. The van der Waals surface area contributed by atoms with Crippen molar-refractivity contribution in [2.24, 2.45) is 28.6 Å². The first kappa shape index (κ1) is 67.2. The lowest BCUT2D eigenvalue weighted by Crippen LogP contribution is -2.61. The van der Waals surface area contributed by atoms with Crippen LogP contribution in [0, 0.1) is 28.6 Å². The van der Waals surface area contributed by atoms with Crippen LogP contribution in [0.1, 0.15) is 106 Å². The molecule has 0 fully saturated rings. The second kappa shape index (κ2) is 25.1. The van der Waals surface area contributed by atoms with Gasteiger partial charge in [-0.15, -0.1) is 0 Å². The van der Waals surface area contributed by atoms with Crippen molar-refractivity contribution in [3.8, 4) is 61.3 Å². The highest BCUT2D eigenvalue weighted by atomic mass is 15.2. The van der Waals surface area contributed by atoms with Crippen molar-refractivity contribution in [1.29, 1.82) is 0 Å². The van der Waals surface area contributed by atoms with Crippen LogP contribution in [0.5, 0.6) is 0 Å². The predicted molar refractivity (Wildman–Crippen MR) is 462 cm³/mol. The molecule has 3 atom stereocenters. The molecule has 0 amide bonds. The van der Waals surface area contributed by atoms with E-state index in [2.05, 4.69) is 407 Å². The van der Waals surface area contributed by atoms with Gasteiger partial charge in [-0.1, -0.05) is 337 Å². The molecule has 3 unspecified atom stereocenters. The van der Waals surface area contributed by atoms with Crippen LogP contribution >= 0.6 is 0 Å². The van der Waals surface area contributed by atoms with Gasteiger partial charge in [-0.2, -0.15) is 0 Å². The SMILES string of the molecule is CC(C)(C)C1=CC2=CC(c3ccc4c(c3)N(c3c(-c5ccccc5)cc(C(C)(C)C)cc3-c3ccccc3)c3cc(-n5c6ccccc6c6ccccc65)cc5c3B4c3ccc(-c4ccccc4)cc3N5c3c(-c4ccccc4)cc(C(C)(C)C)cc3-c3ccccc3)=C3C=C(C(C)(C)C)CC4C=CC(=C1)C2C34. The minimum absolute atomic E-state index is 0.0209. The fourth-order valence-electron chi connectivity index (χ4n) is 18.7. The van der Waals surface area contributed by atoms with Crippen molar-refractivity contribution < 1.29 is 0 Å². The maximum Gasteiger partial charge on any atom is 0.252 e. The van der Waals surface area contributed by atoms with E-state index in [1.54, 1.807) is 0 Å². The molecule has 108 heavy (non-hydrogen) atoms. The van der Waals surface area contributed by atoms with Crippen molar-refractivity contribution in [1.82, 2.24) is 4.57 Å². The molecule has 13 aromatic rings. The lowest BCUT2D eigenvalue weighted by molar-refractivity contribution is 0.329. The van der Waals surface area contributed by atoms with E-state index < -0.39 is 0 Å². The van der Waals surface area contributed by atoms with Crippen LogP contribution in [0.25, 0.3) is 88.7 Å². The standard InChI is InChI=1S/C104H92BN3/c1-101(2,3)75-52-72-46-47-73-53-76(102(4,5)6)62-87-82(55-74(54-75)96(72)97(73)87)71-49-51-89-93(57-71)108(100-85(68-38-24-16-25-39-68)60-78(104(10,11)12)61-86(100)69-40-26-17-27-41-69)95-64-79(106-90-44-30-28-42-80(90)81-43-29-31-45-91(81)106)63-94-98(95)105(89)88-50-48-70(65-32-18-13-19-33-65)56-92(88)107(94)99-83(66-34-20-14-21-35-66)58-77(103(7,8)9)59-84(99)67-36-22-15-23-37-67/h13-52,54-64,73,96-97H,53H2,1-12H3. The molecule has 0 bridgehead atoms. The Morgan fingerprint density at radius 3 is 1.22 bits per heavy atom. The first-order chi connectivity index (χ1) is 52.1. The number of fused-ring (bicyclic) bond motifs is 7. The lowest BCUT2D eigenvalue weighted by atomic mass is 9.33. The number of nitrogens with zero attached hydrogens (tertiary/aromatic N) is 3. The summed E-state index contributed by atoms with van der Waals surface area (Å²) in [7, 11) is 0. The van der Waals surface area contributed by atoms with Crippen LogP contribution in [0.15, 0.2) is 337 Å². The van der Waals surface area contributed by atoms with E-state index in [4.69, 9.17) is 0 Å². The highest BCUT2D eigenvalue weighted by molar-refractivity contribution is 7.00. The van der Waals surface area contributed by atoms with Gasteiger partial charge in [-0.3, -0.25) is 0 Å². The lowest BCUT2D eigenvalue weighted by Gasteiger charge is -2.48. The average Bonchev–Trinajstić information content (AvgIpc) is 0.794. The van der Waals surface area contributed by atoms with Gasteiger partial charge in [0.25, 0.3) is 6.71 Å². The highest BCUT2D eigenvalue weighted by Crippen LogP contribution is 2.60. The normalized spacial score (nSPS) is 17.2. The Bertz CT molecular complexity index is 5870. The molecule has 6 aliphatic rings. The van der Waals surface area contributed by atoms with Gasteiger partial charge >= 0.3 is 0 Å². The fourth-order valence-corrected chi connectivity index (χ4v) is 18.7. The highest BCUT2D eigenvalue weighted by Gasteiger charge is 2.49. The molecule has 0 saturated carbocycles. The van der Waals surface area contributed by atoms with Crippen molar-refractivity contribution in [3.05, 3.63) is 354 Å². The quantitative estimate of drug-likeness (QED) is 0.133. The van der Waals surface area contributed by atoms with E-state index in [-0.39, 0.29) is 40.2 Å². The Balaban J connectivity index is 1.02. The van der Waals surface area contributed by atoms with Crippen LogP contribution < -0.4 is 26.2 Å². The summed E-state index contributed by atoms with van der Waals surface area (Å²) in [5, 5.41) is 2.44. The molecule has 0 spiro atoms. The summed E-state index contributed by atoms with van der Waals surface area (Å²) in [6.07, 6.45) is 16.6. The molecule has 19 rings (SSSR count). The second-order valence-corrected chi connectivity index (χ2v) is 35.2. The predicted octanol–water partition coefficient (Wildman–Crippen LogP) is 26.2. The van der Waals surface area contributed by atoms with Crippen molar-refractivity contribution in [2.45, 2.75) is 100 Å². The Labute approximate surface area is 639 Å². The molecule has 4 heteroatoms. The number of hydrogen-bond donors (Lipinski definition) is 0. The third-order valence-corrected chi connectivity index (χ3v) is 24.4. The molecule has 3 heterocycles. The third-order valence-electron chi connectivity index (χ3n) is 24.4. The Morgan fingerprint density at radius 1 is 0.352 bits per heavy atom. The van der Waals surface area contributed by atoms with Gasteiger partial charge in [0, 0.05) is 67.6 Å². The zero-order valence-corrected chi connectivity index (χ0v) is 64.3. The molecule has 1 aromatic heterocycles. The third kappa shape index (κ3) is 11.1. The molecular formula is C104H92BN3. The average molecular weight is 1390 g/mol. The van der Waals surface area contributed by atoms with Gasteiger partial charge in [0.15, 0.2) is 0 Å². The van der Waals surface area contributed by atoms with Crippen LogP contribution in [-0.4, -0.2) is 11.3 Å². The van der Waals surface area contributed by atoms with Crippen LogP contribution in [-0.2, 0) is 10.8 Å². The Kier molecular flexibility index (Phi) is 15.6. The molecule has 526 valence electrons. The maximum atomic E-state index is 2.79. The van der Waals surface area contributed by atoms with Crippen LogP contribution in [0.4, 0.5) is 34.1 Å². The number of para-hydroxylation sites is 2. The minimum Gasteiger partial charge on any atom is -0.310 e.